The topological polar surface area (TPSA) is 56.1 Å². The fourth-order valence-electron chi connectivity index (χ4n) is 2.39. The molecule has 1 aliphatic rings. The molecule has 11 heavy (non-hydrogen) atoms. The summed E-state index contributed by atoms with van der Waals surface area (Å²) in [6, 6.07) is 0. The van der Waals surface area contributed by atoms with Crippen molar-refractivity contribution in [1.82, 2.24) is 0 Å². The third-order valence-corrected chi connectivity index (χ3v) is 2.92. The van der Waals surface area contributed by atoms with Crippen molar-refractivity contribution in [2.24, 2.45) is 10.8 Å². The summed E-state index contributed by atoms with van der Waals surface area (Å²) in [6.45, 7) is 7.48. The van der Waals surface area contributed by atoms with E-state index in [2.05, 4.69) is 4.89 Å². The maximum Gasteiger partial charge on any atom is 0.175 e. The van der Waals surface area contributed by atoms with Gasteiger partial charge in [-0.05, 0) is 27.7 Å². The molecule has 0 aromatic carbocycles. The van der Waals surface area contributed by atoms with Crippen molar-refractivity contribution in [2.75, 3.05) is 0 Å². The molecule has 3 heteroatoms. The van der Waals surface area contributed by atoms with Crippen LogP contribution in [0.3, 0.4) is 0 Å². The lowest BCUT2D eigenvalue weighted by atomic mass is 9.51. The molecule has 1 aliphatic carbocycles. The zero-order valence-corrected chi connectivity index (χ0v) is 7.46. The minimum Gasteiger partial charge on any atom is -0.535 e. The highest BCUT2D eigenvalue weighted by molar-refractivity contribution is 5.10. The van der Waals surface area contributed by atoms with Gasteiger partial charge in [-0.25, -0.2) is 0 Å². The zero-order chi connectivity index (χ0) is 8.86. The second-order valence-electron chi connectivity index (χ2n) is 4.55. The molecule has 0 radical (unpaired) electrons. The minimum absolute atomic E-state index is 0.259. The van der Waals surface area contributed by atoms with Crippen molar-refractivity contribution in [3.05, 3.63) is 0 Å². The van der Waals surface area contributed by atoms with Gasteiger partial charge in [0.2, 0.25) is 0 Å². The Balaban J connectivity index is 2.79. The van der Waals surface area contributed by atoms with Crippen molar-refractivity contribution >= 4 is 0 Å². The highest BCUT2D eigenvalue weighted by atomic mass is 17.1. The number of aliphatic hydroxyl groups is 2. The molecular formula is C8H16O3. The van der Waals surface area contributed by atoms with Gasteiger partial charge < -0.3 is 15.3 Å². The van der Waals surface area contributed by atoms with E-state index < -0.39 is 6.10 Å². The van der Waals surface area contributed by atoms with Gasteiger partial charge in [0.15, 0.2) is 6.10 Å². The lowest BCUT2D eigenvalue weighted by Crippen LogP contribution is -2.70. The van der Waals surface area contributed by atoms with E-state index >= 15 is 0 Å². The molecule has 66 valence electrons. The van der Waals surface area contributed by atoms with E-state index in [9.17, 15) is 10.4 Å². The number of rotatable bonds is 1. The molecule has 1 saturated carbocycles. The molecule has 0 unspecified atom stereocenters. The van der Waals surface area contributed by atoms with Crippen LogP contribution in [0.15, 0.2) is 0 Å². The Kier molecular flexibility index (Phi) is 1.78. The lowest BCUT2D eigenvalue weighted by molar-refractivity contribution is -0.809. The van der Waals surface area contributed by atoms with Crippen LogP contribution in [-0.2, 0) is 0 Å². The van der Waals surface area contributed by atoms with Crippen LogP contribution < -0.4 is 5.26 Å². The maximum absolute atomic E-state index is 10.4. The average Bonchev–Trinajstić information content (AvgIpc) is 1.86. The summed E-state index contributed by atoms with van der Waals surface area (Å²) in [5.41, 5.74) is -0.684. The first-order chi connectivity index (χ1) is 4.85. The van der Waals surface area contributed by atoms with Crippen LogP contribution >= 0.6 is 0 Å². The van der Waals surface area contributed by atoms with Crippen LogP contribution in [0, 0.1) is 10.8 Å². The predicted octanol–water partition coefficient (Wildman–Crippen LogP) is -0.415. The molecule has 2 N–H and O–H groups in total. The van der Waals surface area contributed by atoms with Crippen LogP contribution in [0.1, 0.15) is 27.7 Å². The number of hydrogen-bond acceptors (Lipinski definition) is 2. The molecule has 0 heterocycles. The monoisotopic (exact) mass is 160 g/mol. The quantitative estimate of drug-likeness (QED) is 0.322. The van der Waals surface area contributed by atoms with Crippen molar-refractivity contribution in [3.8, 4) is 0 Å². The highest BCUT2D eigenvalue weighted by Crippen LogP contribution is 2.54. The Morgan fingerprint density at radius 3 is 1.73 bits per heavy atom. The molecule has 0 atom stereocenters. The molecule has 0 aliphatic heterocycles. The first kappa shape index (κ1) is 8.97. The second kappa shape index (κ2) is 2.19. The molecule has 0 aromatic rings. The standard InChI is InChI=1S/C8H16O3/c1-7(2)5(9)8(3,4)6(7)11-10/h5-6,9,11H,1-4H3. The fourth-order valence-corrected chi connectivity index (χ4v) is 2.39. The summed E-state index contributed by atoms with van der Waals surface area (Å²) in [4.78, 5) is 3.04. The van der Waals surface area contributed by atoms with Crippen LogP contribution in [0.2, 0.25) is 0 Å². The van der Waals surface area contributed by atoms with Gasteiger partial charge in [0.05, 0.1) is 16.9 Å². The first-order valence-electron chi connectivity index (χ1n) is 3.85. The fraction of sp³-hybridized carbons (Fsp3) is 1.00. The van der Waals surface area contributed by atoms with Crippen LogP contribution in [0.5, 0.6) is 0 Å². The summed E-state index contributed by atoms with van der Waals surface area (Å²) in [7, 11) is 0. The molecule has 3 nitrogen and oxygen atoms in total. The lowest BCUT2D eigenvalue weighted by Gasteiger charge is -2.57. The van der Waals surface area contributed by atoms with Crippen LogP contribution in [-0.4, -0.2) is 22.2 Å². The number of hydrogen-bond donors (Lipinski definition) is 1. The summed E-state index contributed by atoms with van der Waals surface area (Å²) in [5, 5.41) is 20.0. The number of aliphatic hydroxyl groups excluding tert-OH is 1. The van der Waals surface area contributed by atoms with Gasteiger partial charge in [0.25, 0.3) is 0 Å². The van der Waals surface area contributed by atoms with E-state index in [4.69, 9.17) is 0 Å². The van der Waals surface area contributed by atoms with Gasteiger partial charge in [-0.15, -0.1) is 0 Å². The third kappa shape index (κ3) is 0.916. The highest BCUT2D eigenvalue weighted by Gasteiger charge is 2.65. The smallest absolute Gasteiger partial charge is 0.175 e. The largest absolute Gasteiger partial charge is 0.535 e. The molecule has 0 aromatic heterocycles. The summed E-state index contributed by atoms with van der Waals surface area (Å²) in [6.07, 6.45) is -0.678. The molecule has 0 bridgehead atoms. The molecule has 0 amide bonds. The van der Waals surface area contributed by atoms with Crippen molar-refractivity contribution in [2.45, 2.75) is 39.9 Å². The van der Waals surface area contributed by atoms with Gasteiger partial charge >= 0.3 is 0 Å². The minimum atomic E-state index is -0.419. The van der Waals surface area contributed by atoms with Crippen molar-refractivity contribution < 1.29 is 15.3 Å². The van der Waals surface area contributed by atoms with E-state index in [0.717, 1.165) is 0 Å². The Labute approximate surface area is 66.9 Å². The molecule has 1 fully saturated rings. The van der Waals surface area contributed by atoms with Crippen LogP contribution in [0.25, 0.3) is 0 Å². The second-order valence-corrected chi connectivity index (χ2v) is 4.55. The van der Waals surface area contributed by atoms with Crippen LogP contribution in [0.4, 0.5) is 0 Å². The Morgan fingerprint density at radius 1 is 1.18 bits per heavy atom. The van der Waals surface area contributed by atoms with Gasteiger partial charge in [0.1, 0.15) is 0 Å². The summed E-state index contributed by atoms with van der Waals surface area (Å²) >= 11 is 0. The Hall–Kier alpha value is -0.120. The van der Waals surface area contributed by atoms with Crippen molar-refractivity contribution in [3.63, 3.8) is 0 Å². The van der Waals surface area contributed by atoms with Gasteiger partial charge in [0, 0.05) is 0 Å². The molecule has 1 rings (SSSR count). The van der Waals surface area contributed by atoms with Gasteiger partial charge in [-0.2, -0.15) is 0 Å². The van der Waals surface area contributed by atoms with E-state index in [-0.39, 0.29) is 16.9 Å². The molecule has 0 saturated heterocycles. The Morgan fingerprint density at radius 2 is 1.55 bits per heavy atom. The molecule has 0 spiro atoms. The zero-order valence-electron chi connectivity index (χ0n) is 7.46. The first-order valence-corrected chi connectivity index (χ1v) is 3.85. The summed E-state index contributed by atoms with van der Waals surface area (Å²) < 4.78 is 0. The average molecular weight is 160 g/mol. The van der Waals surface area contributed by atoms with E-state index in [0.29, 0.717) is 0 Å². The Bertz CT molecular complexity index is 147. The SMILES string of the molecule is CC1(C)C(O)C(C)(C)C1[OH+][O-]. The van der Waals surface area contributed by atoms with E-state index in [1.54, 1.807) is 0 Å². The van der Waals surface area contributed by atoms with Crippen molar-refractivity contribution in [1.29, 1.82) is 0 Å². The normalized spacial score (nSPS) is 39.8. The van der Waals surface area contributed by atoms with E-state index in [1.165, 1.54) is 0 Å². The van der Waals surface area contributed by atoms with Gasteiger partial charge in [-0.3, -0.25) is 0 Å². The predicted molar refractivity (Wildman–Crippen MR) is 39.6 cm³/mol. The molecular weight excluding hydrogens is 144 g/mol. The van der Waals surface area contributed by atoms with E-state index in [1.807, 2.05) is 27.7 Å². The summed E-state index contributed by atoms with van der Waals surface area (Å²) in [5.74, 6) is 0. The third-order valence-electron chi connectivity index (χ3n) is 2.92. The maximum atomic E-state index is 10.4. The van der Waals surface area contributed by atoms with Gasteiger partial charge in [-0.1, -0.05) is 0 Å².